The molecule has 0 aromatic carbocycles. The number of nitrogens with one attached hydrogen (secondary N) is 1. The maximum Gasteiger partial charge on any atom is 0.263 e. The zero-order valence-electron chi connectivity index (χ0n) is 12.9. The van der Waals surface area contributed by atoms with E-state index in [0.29, 0.717) is 18.8 Å². The van der Waals surface area contributed by atoms with Gasteiger partial charge in [0.25, 0.3) is 17.0 Å². The predicted octanol–water partition coefficient (Wildman–Crippen LogP) is 0.488. The van der Waals surface area contributed by atoms with Gasteiger partial charge in [-0.2, -0.15) is 0 Å². The van der Waals surface area contributed by atoms with Gasteiger partial charge in [0, 0.05) is 38.3 Å². The maximum atomic E-state index is 12.6. The lowest BCUT2D eigenvalue weighted by molar-refractivity contribution is 0.0703. The summed E-state index contributed by atoms with van der Waals surface area (Å²) in [6.45, 7) is 1.07. The molecule has 0 unspecified atom stereocenters. The number of aromatic amines is 1. The van der Waals surface area contributed by atoms with E-state index < -0.39 is 0 Å². The molecule has 1 atom stereocenters. The summed E-state index contributed by atoms with van der Waals surface area (Å²) in [5.41, 5.74) is 0.367. The Bertz CT molecular complexity index is 839. The number of aromatic nitrogens is 3. The van der Waals surface area contributed by atoms with Gasteiger partial charge in [0.15, 0.2) is 0 Å². The van der Waals surface area contributed by atoms with Crippen LogP contribution in [0.5, 0.6) is 0 Å². The third-order valence-electron chi connectivity index (χ3n) is 4.18. The average molecular weight is 314 g/mol. The van der Waals surface area contributed by atoms with E-state index >= 15 is 0 Å². The quantitative estimate of drug-likeness (QED) is 0.874. The summed E-state index contributed by atoms with van der Waals surface area (Å²) in [5, 5.41) is 0. The molecule has 1 amide bonds. The first-order valence-corrected chi connectivity index (χ1v) is 7.56. The largest absolute Gasteiger partial charge is 0.338 e. The van der Waals surface area contributed by atoms with E-state index in [4.69, 9.17) is 0 Å². The molecule has 1 fully saturated rings. The van der Waals surface area contributed by atoms with Gasteiger partial charge in [0.1, 0.15) is 5.56 Å². The molecule has 0 radical (unpaired) electrons. The average Bonchev–Trinajstić information content (AvgIpc) is 2.57. The van der Waals surface area contributed by atoms with Gasteiger partial charge in [-0.15, -0.1) is 0 Å². The fourth-order valence-corrected chi connectivity index (χ4v) is 2.94. The maximum absolute atomic E-state index is 12.6. The Morgan fingerprint density at radius 2 is 2.22 bits per heavy atom. The van der Waals surface area contributed by atoms with Crippen molar-refractivity contribution in [3.63, 3.8) is 0 Å². The smallest absolute Gasteiger partial charge is 0.263 e. The molecular weight excluding hydrogens is 296 g/mol. The SMILES string of the molecule is Cn1cccc(C(=O)N2CCC[C@@H](c3cc(=O)[nH]cn3)C2)c1=O. The Balaban J connectivity index is 1.83. The lowest BCUT2D eigenvalue weighted by Crippen LogP contribution is -2.42. The van der Waals surface area contributed by atoms with Gasteiger partial charge < -0.3 is 14.5 Å². The molecule has 23 heavy (non-hydrogen) atoms. The van der Waals surface area contributed by atoms with Crippen molar-refractivity contribution in [2.45, 2.75) is 18.8 Å². The Morgan fingerprint density at radius 1 is 1.39 bits per heavy atom. The summed E-state index contributed by atoms with van der Waals surface area (Å²) in [7, 11) is 1.62. The highest BCUT2D eigenvalue weighted by molar-refractivity contribution is 5.93. The standard InChI is InChI=1S/C16H18N4O3/c1-19-6-3-5-12(15(19)22)16(23)20-7-2-4-11(9-20)13-8-14(21)18-10-17-13/h3,5-6,8,10-11H,2,4,7,9H2,1H3,(H,17,18,21)/t11-/m1/s1. The van der Waals surface area contributed by atoms with E-state index in [2.05, 4.69) is 9.97 Å². The Labute approximate surface area is 132 Å². The van der Waals surface area contributed by atoms with Crippen LogP contribution in [0.15, 0.2) is 40.3 Å². The number of likely N-dealkylation sites (tertiary alicyclic amines) is 1. The molecule has 1 N–H and O–H groups in total. The van der Waals surface area contributed by atoms with Gasteiger partial charge in [-0.25, -0.2) is 4.98 Å². The highest BCUT2D eigenvalue weighted by Gasteiger charge is 2.27. The minimum absolute atomic E-state index is 0.0163. The molecular formula is C16H18N4O3. The number of rotatable bonds is 2. The Hall–Kier alpha value is -2.70. The van der Waals surface area contributed by atoms with Crippen molar-refractivity contribution in [2.75, 3.05) is 13.1 Å². The lowest BCUT2D eigenvalue weighted by atomic mass is 9.94. The van der Waals surface area contributed by atoms with Crippen LogP contribution >= 0.6 is 0 Å². The lowest BCUT2D eigenvalue weighted by Gasteiger charge is -2.32. The zero-order chi connectivity index (χ0) is 16.4. The number of piperidine rings is 1. The molecule has 2 aromatic rings. The Morgan fingerprint density at radius 3 is 3.00 bits per heavy atom. The van der Waals surface area contributed by atoms with Crippen LogP contribution in [-0.4, -0.2) is 38.4 Å². The van der Waals surface area contributed by atoms with E-state index in [1.54, 1.807) is 30.3 Å². The van der Waals surface area contributed by atoms with E-state index in [-0.39, 0.29) is 28.5 Å². The first-order valence-electron chi connectivity index (χ1n) is 7.56. The number of carbonyl (C=O) groups is 1. The van der Waals surface area contributed by atoms with E-state index in [1.807, 2.05) is 0 Å². The number of pyridine rings is 1. The second-order valence-electron chi connectivity index (χ2n) is 5.76. The van der Waals surface area contributed by atoms with Crippen molar-refractivity contribution in [2.24, 2.45) is 7.05 Å². The fourth-order valence-electron chi connectivity index (χ4n) is 2.94. The molecule has 1 aliphatic rings. The van der Waals surface area contributed by atoms with Crippen molar-refractivity contribution in [3.05, 3.63) is 62.7 Å². The highest BCUT2D eigenvalue weighted by Crippen LogP contribution is 2.25. The van der Waals surface area contributed by atoms with E-state index in [0.717, 1.165) is 12.8 Å². The van der Waals surface area contributed by atoms with Gasteiger partial charge in [-0.1, -0.05) is 0 Å². The van der Waals surface area contributed by atoms with Gasteiger partial charge in [-0.3, -0.25) is 14.4 Å². The highest BCUT2D eigenvalue weighted by atomic mass is 16.2. The molecule has 1 saturated heterocycles. The summed E-state index contributed by atoms with van der Waals surface area (Å²) in [6, 6.07) is 4.72. The third kappa shape index (κ3) is 3.08. The van der Waals surface area contributed by atoms with Crippen LogP contribution in [0.1, 0.15) is 34.8 Å². The normalized spacial score (nSPS) is 18.0. The van der Waals surface area contributed by atoms with Gasteiger partial charge in [-0.05, 0) is 25.0 Å². The number of aryl methyl sites for hydroxylation is 1. The minimum Gasteiger partial charge on any atom is -0.338 e. The first kappa shape index (κ1) is 15.2. The van der Waals surface area contributed by atoms with Gasteiger partial charge in [0.2, 0.25) is 0 Å². The molecule has 0 aliphatic carbocycles. The van der Waals surface area contributed by atoms with Crippen LogP contribution in [-0.2, 0) is 7.05 Å². The van der Waals surface area contributed by atoms with Crippen molar-refractivity contribution >= 4 is 5.91 Å². The van der Waals surface area contributed by atoms with Crippen LogP contribution in [0.4, 0.5) is 0 Å². The van der Waals surface area contributed by atoms with Crippen LogP contribution in [0, 0.1) is 0 Å². The number of hydrogen-bond donors (Lipinski definition) is 1. The first-order chi connectivity index (χ1) is 11.1. The third-order valence-corrected chi connectivity index (χ3v) is 4.18. The molecule has 1 aliphatic heterocycles. The molecule has 0 bridgehead atoms. The van der Waals surface area contributed by atoms with Crippen LogP contribution in [0.3, 0.4) is 0 Å². The number of hydrogen-bond acceptors (Lipinski definition) is 4. The van der Waals surface area contributed by atoms with Gasteiger partial charge >= 0.3 is 0 Å². The second kappa shape index (κ2) is 6.20. The van der Waals surface area contributed by atoms with Crippen LogP contribution in [0.2, 0.25) is 0 Å². The van der Waals surface area contributed by atoms with Crippen molar-refractivity contribution in [1.29, 1.82) is 0 Å². The molecule has 120 valence electrons. The van der Waals surface area contributed by atoms with E-state index in [9.17, 15) is 14.4 Å². The summed E-state index contributed by atoms with van der Waals surface area (Å²) in [6.07, 6.45) is 4.69. The monoisotopic (exact) mass is 314 g/mol. The zero-order valence-corrected chi connectivity index (χ0v) is 12.9. The summed E-state index contributed by atoms with van der Waals surface area (Å²) in [5.74, 6) is -0.247. The number of carbonyl (C=O) groups excluding carboxylic acids is 1. The van der Waals surface area contributed by atoms with Crippen LogP contribution < -0.4 is 11.1 Å². The topological polar surface area (TPSA) is 88.1 Å². The van der Waals surface area contributed by atoms with Gasteiger partial charge in [0.05, 0.1) is 12.0 Å². The van der Waals surface area contributed by atoms with Crippen LogP contribution in [0.25, 0.3) is 0 Å². The number of nitrogens with zero attached hydrogens (tertiary/aromatic N) is 3. The predicted molar refractivity (Wildman–Crippen MR) is 84.4 cm³/mol. The molecule has 7 nitrogen and oxygen atoms in total. The number of amides is 1. The molecule has 0 spiro atoms. The number of H-pyrrole nitrogens is 1. The summed E-state index contributed by atoms with van der Waals surface area (Å²) in [4.78, 5) is 44.5. The minimum atomic E-state index is -0.297. The van der Waals surface area contributed by atoms with Crippen molar-refractivity contribution in [1.82, 2.24) is 19.4 Å². The van der Waals surface area contributed by atoms with Crippen molar-refractivity contribution in [3.8, 4) is 0 Å². The van der Waals surface area contributed by atoms with E-state index in [1.165, 1.54) is 17.0 Å². The fraction of sp³-hybridized carbons (Fsp3) is 0.375. The summed E-state index contributed by atoms with van der Waals surface area (Å²) < 4.78 is 1.40. The molecule has 3 rings (SSSR count). The molecule has 2 aromatic heterocycles. The second-order valence-corrected chi connectivity index (χ2v) is 5.76. The molecule has 0 saturated carbocycles. The Kier molecular flexibility index (Phi) is 4.10. The summed E-state index contributed by atoms with van der Waals surface area (Å²) >= 11 is 0. The molecule has 3 heterocycles. The molecule has 7 heteroatoms. The van der Waals surface area contributed by atoms with Crippen molar-refractivity contribution < 1.29 is 4.79 Å².